The average molecular weight is 329 g/mol. The van der Waals surface area contributed by atoms with Gasteiger partial charge in [0.05, 0.1) is 5.02 Å². The van der Waals surface area contributed by atoms with Crippen LogP contribution in [0.4, 0.5) is 0 Å². The zero-order valence-electron chi connectivity index (χ0n) is 9.37. The van der Waals surface area contributed by atoms with Gasteiger partial charge in [0.2, 0.25) is 10.0 Å². The third-order valence-electron chi connectivity index (χ3n) is 2.78. The SMILES string of the molecule is O=S(=O)(NCC(Cl)C1CC1)c1cc(Cl)ccc1Cl. The number of hydrogen-bond donors (Lipinski definition) is 1. The van der Waals surface area contributed by atoms with Crippen LogP contribution in [-0.4, -0.2) is 20.3 Å². The molecule has 0 radical (unpaired) electrons. The molecule has 1 N–H and O–H groups in total. The lowest BCUT2D eigenvalue weighted by Crippen LogP contribution is -2.30. The van der Waals surface area contributed by atoms with Crippen LogP contribution >= 0.6 is 34.8 Å². The van der Waals surface area contributed by atoms with Crippen LogP contribution in [0.3, 0.4) is 0 Å². The highest BCUT2D eigenvalue weighted by molar-refractivity contribution is 7.89. The predicted octanol–water partition coefficient (Wildman–Crippen LogP) is 3.29. The van der Waals surface area contributed by atoms with Crippen molar-refractivity contribution in [3.05, 3.63) is 28.2 Å². The molecule has 1 atom stereocenters. The topological polar surface area (TPSA) is 46.2 Å². The number of hydrogen-bond acceptors (Lipinski definition) is 2. The van der Waals surface area contributed by atoms with Crippen LogP contribution in [0.15, 0.2) is 23.1 Å². The van der Waals surface area contributed by atoms with Gasteiger partial charge in [0.1, 0.15) is 4.90 Å². The van der Waals surface area contributed by atoms with Gasteiger partial charge in [0, 0.05) is 16.9 Å². The smallest absolute Gasteiger partial charge is 0.210 e. The van der Waals surface area contributed by atoms with Crippen LogP contribution < -0.4 is 4.72 Å². The second-order valence-electron chi connectivity index (χ2n) is 4.28. The van der Waals surface area contributed by atoms with E-state index >= 15 is 0 Å². The normalized spacial score (nSPS) is 17.7. The first-order chi connectivity index (χ1) is 8.40. The van der Waals surface area contributed by atoms with E-state index in [2.05, 4.69) is 4.72 Å². The molecule has 0 bridgehead atoms. The molecule has 0 spiro atoms. The van der Waals surface area contributed by atoms with Crippen LogP contribution in [-0.2, 0) is 10.0 Å². The average Bonchev–Trinajstić information content (AvgIpc) is 3.13. The maximum Gasteiger partial charge on any atom is 0.242 e. The highest BCUT2D eigenvalue weighted by Crippen LogP contribution is 2.35. The van der Waals surface area contributed by atoms with Crippen molar-refractivity contribution in [1.29, 1.82) is 0 Å². The van der Waals surface area contributed by atoms with E-state index in [4.69, 9.17) is 34.8 Å². The molecule has 0 amide bonds. The summed E-state index contributed by atoms with van der Waals surface area (Å²) in [6, 6.07) is 4.32. The Morgan fingerprint density at radius 3 is 2.61 bits per heavy atom. The van der Waals surface area contributed by atoms with Gasteiger partial charge in [-0.15, -0.1) is 11.6 Å². The number of alkyl halides is 1. The summed E-state index contributed by atoms with van der Waals surface area (Å²) < 4.78 is 26.5. The van der Waals surface area contributed by atoms with E-state index in [0.717, 1.165) is 12.8 Å². The molecule has 2 rings (SSSR count). The molecular formula is C11H12Cl3NO2S. The minimum Gasteiger partial charge on any atom is -0.210 e. The van der Waals surface area contributed by atoms with Crippen molar-refractivity contribution in [1.82, 2.24) is 4.72 Å². The summed E-state index contributed by atoms with van der Waals surface area (Å²) in [7, 11) is -3.67. The van der Waals surface area contributed by atoms with Crippen molar-refractivity contribution in [2.75, 3.05) is 6.54 Å². The highest BCUT2D eigenvalue weighted by Gasteiger charge is 2.30. The fraction of sp³-hybridized carbons (Fsp3) is 0.455. The first-order valence-corrected chi connectivity index (χ1v) is 8.16. The maximum absolute atomic E-state index is 12.0. The first-order valence-electron chi connectivity index (χ1n) is 5.49. The summed E-state index contributed by atoms with van der Waals surface area (Å²) in [6.45, 7) is 0.206. The molecule has 18 heavy (non-hydrogen) atoms. The van der Waals surface area contributed by atoms with E-state index in [9.17, 15) is 8.42 Å². The molecule has 0 saturated heterocycles. The molecule has 1 aliphatic rings. The summed E-state index contributed by atoms with van der Waals surface area (Å²) in [4.78, 5) is -0.0173. The molecular weight excluding hydrogens is 317 g/mol. The Bertz CT molecular complexity index is 543. The molecule has 3 nitrogen and oxygen atoms in total. The number of nitrogens with one attached hydrogen (secondary N) is 1. The molecule has 1 aromatic rings. The third-order valence-corrected chi connectivity index (χ3v) is 5.44. The van der Waals surface area contributed by atoms with Crippen molar-refractivity contribution < 1.29 is 8.42 Å². The van der Waals surface area contributed by atoms with E-state index in [1.54, 1.807) is 0 Å². The molecule has 7 heteroatoms. The minimum atomic E-state index is -3.67. The van der Waals surface area contributed by atoms with Gasteiger partial charge in [0.15, 0.2) is 0 Å². The molecule has 0 aromatic heterocycles. The van der Waals surface area contributed by atoms with Crippen molar-refractivity contribution in [3.63, 3.8) is 0 Å². The third kappa shape index (κ3) is 3.52. The number of sulfonamides is 1. The Labute approximate surface area is 121 Å². The second kappa shape index (κ2) is 5.55. The summed E-state index contributed by atoms with van der Waals surface area (Å²) >= 11 is 17.7. The Morgan fingerprint density at radius 2 is 2.00 bits per heavy atom. The Hall–Kier alpha value is -0.000000000000000167. The van der Waals surface area contributed by atoms with Gasteiger partial charge >= 0.3 is 0 Å². The lowest BCUT2D eigenvalue weighted by Gasteiger charge is -2.11. The number of benzene rings is 1. The molecule has 1 aliphatic carbocycles. The molecule has 1 fully saturated rings. The van der Waals surface area contributed by atoms with Crippen LogP contribution in [0, 0.1) is 5.92 Å². The molecule has 0 aliphatic heterocycles. The van der Waals surface area contributed by atoms with Gasteiger partial charge in [-0.2, -0.15) is 0 Å². The van der Waals surface area contributed by atoms with E-state index in [0.29, 0.717) is 10.9 Å². The van der Waals surface area contributed by atoms with Gasteiger partial charge < -0.3 is 0 Å². The fourth-order valence-electron chi connectivity index (χ4n) is 1.57. The van der Waals surface area contributed by atoms with Crippen LogP contribution in [0.2, 0.25) is 10.0 Å². The maximum atomic E-state index is 12.0. The quantitative estimate of drug-likeness (QED) is 0.843. The standard InChI is InChI=1S/C11H12Cl3NO2S/c12-8-3-4-9(13)11(5-8)18(16,17)15-6-10(14)7-1-2-7/h3-5,7,10,15H,1-2,6H2. The summed E-state index contributed by atoms with van der Waals surface area (Å²) in [5.74, 6) is 0.421. The van der Waals surface area contributed by atoms with Crippen molar-refractivity contribution >= 4 is 44.8 Å². The second-order valence-corrected chi connectivity index (χ2v) is 7.42. The summed E-state index contributed by atoms with van der Waals surface area (Å²) in [5, 5.41) is 0.298. The predicted molar refractivity (Wildman–Crippen MR) is 74.0 cm³/mol. The van der Waals surface area contributed by atoms with Crippen molar-refractivity contribution in [2.45, 2.75) is 23.1 Å². The van der Waals surface area contributed by atoms with Gasteiger partial charge in [-0.25, -0.2) is 13.1 Å². The van der Waals surface area contributed by atoms with Crippen molar-refractivity contribution in [3.8, 4) is 0 Å². The highest BCUT2D eigenvalue weighted by atomic mass is 35.5. The summed E-state index contributed by atoms with van der Waals surface area (Å²) in [6.07, 6.45) is 2.13. The van der Waals surface area contributed by atoms with Crippen molar-refractivity contribution in [2.24, 2.45) is 5.92 Å². The van der Waals surface area contributed by atoms with E-state index in [1.807, 2.05) is 0 Å². The fourth-order valence-corrected chi connectivity index (χ4v) is 3.82. The molecule has 100 valence electrons. The molecule has 1 unspecified atom stereocenters. The Balaban J connectivity index is 2.11. The van der Waals surface area contributed by atoms with Gasteiger partial charge in [-0.05, 0) is 37.0 Å². The van der Waals surface area contributed by atoms with Crippen LogP contribution in [0.25, 0.3) is 0 Å². The zero-order valence-corrected chi connectivity index (χ0v) is 12.5. The van der Waals surface area contributed by atoms with Gasteiger partial charge in [-0.3, -0.25) is 0 Å². The monoisotopic (exact) mass is 327 g/mol. The zero-order chi connectivity index (χ0) is 13.3. The lowest BCUT2D eigenvalue weighted by atomic mass is 10.3. The van der Waals surface area contributed by atoms with Crippen LogP contribution in [0.5, 0.6) is 0 Å². The first kappa shape index (κ1) is 14.4. The number of rotatable bonds is 5. The summed E-state index contributed by atoms with van der Waals surface area (Å²) in [5.41, 5.74) is 0. The van der Waals surface area contributed by atoms with Gasteiger partial charge in [0.25, 0.3) is 0 Å². The largest absolute Gasteiger partial charge is 0.242 e. The van der Waals surface area contributed by atoms with Gasteiger partial charge in [-0.1, -0.05) is 23.2 Å². The van der Waals surface area contributed by atoms with E-state index < -0.39 is 10.0 Å². The molecule has 0 heterocycles. The lowest BCUT2D eigenvalue weighted by molar-refractivity contribution is 0.576. The Kier molecular flexibility index (Phi) is 4.44. The Morgan fingerprint density at radius 1 is 1.33 bits per heavy atom. The van der Waals surface area contributed by atoms with E-state index in [-0.39, 0.29) is 21.8 Å². The minimum absolute atomic E-state index is 0.0173. The van der Waals surface area contributed by atoms with Crippen LogP contribution in [0.1, 0.15) is 12.8 Å². The molecule has 1 saturated carbocycles. The van der Waals surface area contributed by atoms with E-state index in [1.165, 1.54) is 18.2 Å². The number of halogens is 3. The molecule has 1 aromatic carbocycles.